The van der Waals surface area contributed by atoms with Crippen molar-refractivity contribution in [2.24, 2.45) is 5.10 Å². The number of hydrogen-bond donors (Lipinski definition) is 2. The third-order valence-electron chi connectivity index (χ3n) is 5.04. The van der Waals surface area contributed by atoms with Gasteiger partial charge in [-0.3, -0.25) is 9.59 Å². The number of halogens is 2. The fraction of sp³-hybridized carbons (Fsp3) is 0.174. The first-order valence-electron chi connectivity index (χ1n) is 9.75. The van der Waals surface area contributed by atoms with Gasteiger partial charge in [-0.25, -0.2) is 9.82 Å². The Kier molecular flexibility index (Phi) is 5.86. The number of furan rings is 1. The first-order valence-corrected chi connectivity index (χ1v) is 10.1. The summed E-state index contributed by atoms with van der Waals surface area (Å²) >= 11 is 6.07. The Hall–Kier alpha value is -3.45. The summed E-state index contributed by atoms with van der Waals surface area (Å²) in [5.41, 5.74) is 5.35. The smallest absolute Gasteiger partial charge is 0.291 e. The Morgan fingerprint density at radius 1 is 1.06 bits per heavy atom. The fourth-order valence-corrected chi connectivity index (χ4v) is 3.76. The van der Waals surface area contributed by atoms with E-state index in [1.807, 2.05) is 0 Å². The highest BCUT2D eigenvalue weighted by Gasteiger charge is 2.28. The van der Waals surface area contributed by atoms with Crippen LogP contribution in [0, 0.1) is 12.7 Å². The van der Waals surface area contributed by atoms with E-state index in [0.717, 1.165) is 12.0 Å². The van der Waals surface area contributed by atoms with Crippen molar-refractivity contribution >= 4 is 34.8 Å². The minimum Gasteiger partial charge on any atom is -0.455 e. The first kappa shape index (κ1) is 20.8. The lowest BCUT2D eigenvalue weighted by Crippen LogP contribution is -2.22. The zero-order chi connectivity index (χ0) is 22.0. The third kappa shape index (κ3) is 4.36. The highest BCUT2D eigenvalue weighted by atomic mass is 35.5. The molecule has 6 nitrogen and oxygen atoms in total. The standard InChI is InChI=1S/C23H19ClFN3O3/c1-13-20-18(27-28-22(29)16-5-2-3-6-17(16)24)7-4-8-19(20)31-21(13)23(30)26-15-11-9-14(25)10-12-15/h2-3,5-6,9-12H,4,7-8H2,1H3,(H,26,30)(H,28,29)/b27-18+. The first-order chi connectivity index (χ1) is 14.9. The van der Waals surface area contributed by atoms with Gasteiger partial charge in [0.15, 0.2) is 5.76 Å². The van der Waals surface area contributed by atoms with Crippen LogP contribution in [-0.4, -0.2) is 17.5 Å². The van der Waals surface area contributed by atoms with E-state index in [2.05, 4.69) is 15.8 Å². The molecular weight excluding hydrogens is 421 g/mol. The average molecular weight is 440 g/mol. The highest BCUT2D eigenvalue weighted by Crippen LogP contribution is 2.30. The maximum absolute atomic E-state index is 13.1. The van der Waals surface area contributed by atoms with Crippen molar-refractivity contribution in [3.63, 3.8) is 0 Å². The van der Waals surface area contributed by atoms with Gasteiger partial charge in [0.2, 0.25) is 0 Å². The molecule has 1 aliphatic carbocycles. The van der Waals surface area contributed by atoms with Crippen molar-refractivity contribution < 1.29 is 18.4 Å². The summed E-state index contributed by atoms with van der Waals surface area (Å²) in [6.07, 6.45) is 2.08. The van der Waals surface area contributed by atoms with Crippen molar-refractivity contribution in [3.8, 4) is 0 Å². The van der Waals surface area contributed by atoms with Gasteiger partial charge in [-0.15, -0.1) is 0 Å². The van der Waals surface area contributed by atoms with Gasteiger partial charge in [-0.1, -0.05) is 23.7 Å². The summed E-state index contributed by atoms with van der Waals surface area (Å²) < 4.78 is 18.9. The van der Waals surface area contributed by atoms with Crippen LogP contribution in [0.4, 0.5) is 10.1 Å². The van der Waals surface area contributed by atoms with Gasteiger partial charge in [-0.2, -0.15) is 5.10 Å². The summed E-state index contributed by atoms with van der Waals surface area (Å²) in [6.45, 7) is 1.78. The lowest BCUT2D eigenvalue weighted by Gasteiger charge is -2.13. The van der Waals surface area contributed by atoms with Crippen LogP contribution in [0.15, 0.2) is 58.0 Å². The Labute approximate surface area is 183 Å². The zero-order valence-electron chi connectivity index (χ0n) is 16.7. The quantitative estimate of drug-likeness (QED) is 0.554. The maximum Gasteiger partial charge on any atom is 0.291 e. The van der Waals surface area contributed by atoms with Crippen LogP contribution in [0.3, 0.4) is 0 Å². The second-order valence-electron chi connectivity index (χ2n) is 7.15. The number of anilines is 1. The van der Waals surface area contributed by atoms with Gasteiger partial charge in [0.25, 0.3) is 11.8 Å². The average Bonchev–Trinajstić information content (AvgIpc) is 3.11. The number of hydrogen-bond acceptors (Lipinski definition) is 4. The summed E-state index contributed by atoms with van der Waals surface area (Å²) in [4.78, 5) is 25.1. The van der Waals surface area contributed by atoms with Crippen LogP contribution in [-0.2, 0) is 6.42 Å². The van der Waals surface area contributed by atoms with Gasteiger partial charge in [0, 0.05) is 23.2 Å². The van der Waals surface area contributed by atoms with Crippen LogP contribution >= 0.6 is 11.6 Å². The fourth-order valence-electron chi connectivity index (χ4n) is 3.54. The van der Waals surface area contributed by atoms with Crippen LogP contribution in [0.2, 0.25) is 5.02 Å². The summed E-state index contributed by atoms with van der Waals surface area (Å²) in [5.74, 6) is -0.416. The molecule has 0 fully saturated rings. The summed E-state index contributed by atoms with van der Waals surface area (Å²) in [7, 11) is 0. The van der Waals surface area contributed by atoms with Gasteiger partial charge in [0.05, 0.1) is 16.3 Å². The van der Waals surface area contributed by atoms with Crippen LogP contribution in [0.1, 0.15) is 50.6 Å². The zero-order valence-corrected chi connectivity index (χ0v) is 17.4. The SMILES string of the molecule is Cc1c(C(=O)Nc2ccc(F)cc2)oc2c1/C(=N/NC(=O)c1ccccc1Cl)CCC2. The van der Waals surface area contributed by atoms with E-state index in [-0.39, 0.29) is 11.6 Å². The van der Waals surface area contributed by atoms with Crippen molar-refractivity contribution in [1.29, 1.82) is 0 Å². The molecule has 1 aliphatic rings. The largest absolute Gasteiger partial charge is 0.455 e. The molecule has 0 saturated carbocycles. The summed E-state index contributed by atoms with van der Waals surface area (Å²) in [5, 5.41) is 7.34. The monoisotopic (exact) mass is 439 g/mol. The van der Waals surface area contributed by atoms with Gasteiger partial charge in [-0.05, 0) is 56.2 Å². The number of fused-ring (bicyclic) bond motifs is 1. The van der Waals surface area contributed by atoms with Gasteiger partial charge >= 0.3 is 0 Å². The van der Waals surface area contributed by atoms with Crippen molar-refractivity contribution in [3.05, 3.63) is 87.6 Å². The topological polar surface area (TPSA) is 83.7 Å². The second-order valence-corrected chi connectivity index (χ2v) is 7.56. The number of nitrogens with one attached hydrogen (secondary N) is 2. The molecule has 3 aromatic rings. The molecule has 2 aromatic carbocycles. The normalized spacial score (nSPS) is 14.2. The molecule has 2 N–H and O–H groups in total. The Bertz CT molecular complexity index is 1190. The number of carbonyl (C=O) groups is 2. The number of amides is 2. The minimum atomic E-state index is -0.432. The van der Waals surface area contributed by atoms with E-state index < -0.39 is 11.8 Å². The Morgan fingerprint density at radius 2 is 1.81 bits per heavy atom. The van der Waals surface area contributed by atoms with Crippen molar-refractivity contribution in [1.82, 2.24) is 5.43 Å². The van der Waals surface area contributed by atoms with E-state index in [4.69, 9.17) is 16.0 Å². The molecule has 31 heavy (non-hydrogen) atoms. The van der Waals surface area contributed by atoms with Crippen molar-refractivity contribution in [2.45, 2.75) is 26.2 Å². The molecule has 0 spiro atoms. The number of hydrazone groups is 1. The number of carbonyl (C=O) groups excluding carboxylic acids is 2. The number of aryl methyl sites for hydroxylation is 1. The summed E-state index contributed by atoms with van der Waals surface area (Å²) in [6, 6.07) is 12.2. The molecule has 0 aliphatic heterocycles. The molecular formula is C23H19ClFN3O3. The molecule has 0 atom stereocenters. The molecule has 0 radical (unpaired) electrons. The highest BCUT2D eigenvalue weighted by molar-refractivity contribution is 6.33. The lowest BCUT2D eigenvalue weighted by molar-refractivity contribution is 0.0953. The van der Waals surface area contributed by atoms with Crippen LogP contribution in [0.5, 0.6) is 0 Å². The molecule has 4 rings (SSSR count). The second kappa shape index (κ2) is 8.73. The lowest BCUT2D eigenvalue weighted by atomic mass is 9.93. The molecule has 158 valence electrons. The van der Waals surface area contributed by atoms with Gasteiger partial charge < -0.3 is 9.73 Å². The third-order valence-corrected chi connectivity index (χ3v) is 5.37. The van der Waals surface area contributed by atoms with E-state index >= 15 is 0 Å². The van der Waals surface area contributed by atoms with Crippen LogP contribution in [0.25, 0.3) is 0 Å². The van der Waals surface area contributed by atoms with Crippen molar-refractivity contribution in [2.75, 3.05) is 5.32 Å². The number of rotatable bonds is 4. The molecule has 2 amide bonds. The minimum absolute atomic E-state index is 0.168. The van der Waals surface area contributed by atoms with Gasteiger partial charge in [0.1, 0.15) is 11.6 Å². The Morgan fingerprint density at radius 3 is 2.55 bits per heavy atom. The number of benzene rings is 2. The molecule has 8 heteroatoms. The van der Waals surface area contributed by atoms with E-state index in [9.17, 15) is 14.0 Å². The van der Waals surface area contributed by atoms with E-state index in [1.54, 1.807) is 31.2 Å². The number of nitrogens with zero attached hydrogens (tertiary/aromatic N) is 1. The predicted molar refractivity (Wildman–Crippen MR) is 116 cm³/mol. The molecule has 0 saturated heterocycles. The molecule has 0 unspecified atom stereocenters. The molecule has 0 bridgehead atoms. The Balaban J connectivity index is 1.57. The molecule has 1 aromatic heterocycles. The maximum atomic E-state index is 13.1. The molecule has 1 heterocycles. The van der Waals surface area contributed by atoms with Crippen LogP contribution < -0.4 is 10.7 Å². The van der Waals surface area contributed by atoms with E-state index in [0.29, 0.717) is 46.2 Å². The predicted octanol–water partition coefficient (Wildman–Crippen LogP) is 5.10. The van der Waals surface area contributed by atoms with E-state index in [1.165, 1.54) is 24.3 Å².